The van der Waals surface area contributed by atoms with E-state index in [-0.39, 0.29) is 5.91 Å². The second-order valence-corrected chi connectivity index (χ2v) is 5.68. The Balaban J connectivity index is 1.72. The van der Waals surface area contributed by atoms with E-state index < -0.39 is 0 Å². The minimum Gasteiger partial charge on any atom is -0.497 e. The Morgan fingerprint density at radius 2 is 1.84 bits per heavy atom. The van der Waals surface area contributed by atoms with E-state index in [0.29, 0.717) is 18.7 Å². The van der Waals surface area contributed by atoms with Crippen molar-refractivity contribution in [1.82, 2.24) is 14.5 Å². The lowest BCUT2D eigenvalue weighted by molar-refractivity contribution is 0.0752. The van der Waals surface area contributed by atoms with Crippen molar-refractivity contribution < 1.29 is 9.53 Å². The number of rotatable bonds is 6. The molecule has 0 bridgehead atoms. The summed E-state index contributed by atoms with van der Waals surface area (Å²) in [4.78, 5) is 18.6. The summed E-state index contributed by atoms with van der Waals surface area (Å²) in [6.07, 6.45) is 5.34. The van der Waals surface area contributed by atoms with Crippen molar-refractivity contribution in [2.45, 2.75) is 13.5 Å². The number of aromatic nitrogens is 2. The van der Waals surface area contributed by atoms with Gasteiger partial charge in [-0.05, 0) is 48.9 Å². The molecule has 0 saturated carbocycles. The quantitative estimate of drug-likeness (QED) is 0.692. The van der Waals surface area contributed by atoms with Crippen LogP contribution in [-0.2, 0) is 6.54 Å². The van der Waals surface area contributed by atoms with Crippen LogP contribution in [0.15, 0.2) is 67.3 Å². The smallest absolute Gasteiger partial charge is 0.254 e. The maximum atomic E-state index is 12.8. The first-order valence-corrected chi connectivity index (χ1v) is 8.22. The molecule has 1 heterocycles. The Kier molecular flexibility index (Phi) is 5.14. The molecule has 0 saturated heterocycles. The number of hydrogen-bond donors (Lipinski definition) is 0. The minimum absolute atomic E-state index is 0.0236. The monoisotopic (exact) mass is 335 g/mol. The second kappa shape index (κ2) is 7.66. The molecule has 0 aliphatic rings. The molecule has 2 aromatic carbocycles. The summed E-state index contributed by atoms with van der Waals surface area (Å²) in [6.45, 7) is 3.21. The van der Waals surface area contributed by atoms with Crippen LogP contribution >= 0.6 is 0 Å². The Labute approximate surface area is 147 Å². The lowest BCUT2D eigenvalue weighted by Gasteiger charge is -2.21. The van der Waals surface area contributed by atoms with Crippen LogP contribution in [0.2, 0.25) is 0 Å². The van der Waals surface area contributed by atoms with Crippen LogP contribution in [0.4, 0.5) is 0 Å². The molecule has 25 heavy (non-hydrogen) atoms. The van der Waals surface area contributed by atoms with Gasteiger partial charge in [-0.2, -0.15) is 0 Å². The molecule has 1 aromatic heterocycles. The van der Waals surface area contributed by atoms with Gasteiger partial charge in [0.1, 0.15) is 5.75 Å². The second-order valence-electron chi connectivity index (χ2n) is 5.68. The fourth-order valence-corrected chi connectivity index (χ4v) is 2.65. The molecule has 0 atom stereocenters. The summed E-state index contributed by atoms with van der Waals surface area (Å²) in [6, 6.07) is 15.4. The molecule has 0 N–H and O–H groups in total. The summed E-state index contributed by atoms with van der Waals surface area (Å²) >= 11 is 0. The van der Waals surface area contributed by atoms with Crippen molar-refractivity contribution in [3.8, 4) is 11.4 Å². The molecular weight excluding hydrogens is 314 g/mol. The van der Waals surface area contributed by atoms with E-state index in [1.165, 1.54) is 0 Å². The molecule has 128 valence electrons. The summed E-state index contributed by atoms with van der Waals surface area (Å²) in [5.74, 6) is 0.837. The number of methoxy groups -OCH3 is 1. The third kappa shape index (κ3) is 3.88. The van der Waals surface area contributed by atoms with Crippen molar-refractivity contribution >= 4 is 5.91 Å². The molecule has 3 aromatic rings. The van der Waals surface area contributed by atoms with Gasteiger partial charge in [0.15, 0.2) is 0 Å². The van der Waals surface area contributed by atoms with Crippen molar-refractivity contribution in [2.75, 3.05) is 13.7 Å². The predicted molar refractivity (Wildman–Crippen MR) is 97.0 cm³/mol. The zero-order chi connectivity index (χ0) is 17.6. The molecular formula is C20H21N3O2. The molecule has 0 radical (unpaired) electrons. The van der Waals surface area contributed by atoms with Gasteiger partial charge in [-0.3, -0.25) is 4.79 Å². The Morgan fingerprint density at radius 3 is 2.40 bits per heavy atom. The van der Waals surface area contributed by atoms with Gasteiger partial charge in [0.2, 0.25) is 0 Å². The summed E-state index contributed by atoms with van der Waals surface area (Å²) < 4.78 is 7.08. The van der Waals surface area contributed by atoms with Gasteiger partial charge in [0.05, 0.1) is 13.4 Å². The van der Waals surface area contributed by atoms with Gasteiger partial charge in [-0.15, -0.1) is 0 Å². The highest BCUT2D eigenvalue weighted by Crippen LogP contribution is 2.16. The van der Waals surface area contributed by atoms with E-state index in [9.17, 15) is 4.79 Å². The number of nitrogens with zero attached hydrogens (tertiary/aromatic N) is 3. The molecule has 0 aliphatic heterocycles. The van der Waals surface area contributed by atoms with Crippen LogP contribution in [0.5, 0.6) is 5.75 Å². The van der Waals surface area contributed by atoms with E-state index >= 15 is 0 Å². The number of imidazole rings is 1. The topological polar surface area (TPSA) is 47.4 Å². The van der Waals surface area contributed by atoms with E-state index in [1.807, 2.05) is 71.1 Å². The maximum Gasteiger partial charge on any atom is 0.254 e. The molecule has 0 spiro atoms. The lowest BCUT2D eigenvalue weighted by atomic mass is 10.1. The zero-order valence-corrected chi connectivity index (χ0v) is 14.4. The number of carbonyl (C=O) groups is 1. The van der Waals surface area contributed by atoms with E-state index in [1.54, 1.807) is 19.6 Å². The van der Waals surface area contributed by atoms with Crippen LogP contribution in [0.1, 0.15) is 22.8 Å². The molecule has 0 unspecified atom stereocenters. The van der Waals surface area contributed by atoms with Gasteiger partial charge in [0.25, 0.3) is 5.91 Å². The van der Waals surface area contributed by atoms with Crippen LogP contribution in [0.25, 0.3) is 5.69 Å². The first kappa shape index (κ1) is 16.8. The molecule has 1 amide bonds. The number of hydrogen-bond acceptors (Lipinski definition) is 3. The van der Waals surface area contributed by atoms with Crippen LogP contribution < -0.4 is 4.74 Å². The van der Waals surface area contributed by atoms with Crippen LogP contribution in [0, 0.1) is 0 Å². The number of benzene rings is 2. The fourth-order valence-electron chi connectivity index (χ4n) is 2.65. The van der Waals surface area contributed by atoms with Gasteiger partial charge in [-0.1, -0.05) is 12.1 Å². The first-order chi connectivity index (χ1) is 12.2. The van der Waals surface area contributed by atoms with E-state index in [2.05, 4.69) is 4.98 Å². The Morgan fingerprint density at radius 1 is 1.12 bits per heavy atom. The highest BCUT2D eigenvalue weighted by atomic mass is 16.5. The highest BCUT2D eigenvalue weighted by Gasteiger charge is 2.14. The average molecular weight is 335 g/mol. The van der Waals surface area contributed by atoms with Crippen molar-refractivity contribution in [3.05, 3.63) is 78.4 Å². The number of carbonyl (C=O) groups excluding carboxylic acids is 1. The zero-order valence-electron chi connectivity index (χ0n) is 14.4. The van der Waals surface area contributed by atoms with Gasteiger partial charge in [0, 0.05) is 36.7 Å². The molecule has 5 heteroatoms. The minimum atomic E-state index is 0.0236. The fraction of sp³-hybridized carbons (Fsp3) is 0.200. The number of ether oxygens (including phenoxy) is 1. The third-order valence-electron chi connectivity index (χ3n) is 4.12. The van der Waals surface area contributed by atoms with Crippen LogP contribution in [0.3, 0.4) is 0 Å². The van der Waals surface area contributed by atoms with E-state index in [4.69, 9.17) is 4.74 Å². The van der Waals surface area contributed by atoms with Gasteiger partial charge in [-0.25, -0.2) is 4.98 Å². The lowest BCUT2D eigenvalue weighted by Crippen LogP contribution is -2.30. The average Bonchev–Trinajstić information content (AvgIpc) is 3.21. The molecule has 0 fully saturated rings. The van der Waals surface area contributed by atoms with Crippen LogP contribution in [-0.4, -0.2) is 34.0 Å². The summed E-state index contributed by atoms with van der Waals surface area (Å²) in [5, 5.41) is 0. The standard InChI is InChI=1S/C20H21N3O2/c1-3-22(14-16-4-10-19(25-2)11-5-16)20(24)17-6-8-18(9-7-17)23-13-12-21-15-23/h4-13,15H,3,14H2,1-2H3. The van der Waals surface area contributed by atoms with Crippen molar-refractivity contribution in [3.63, 3.8) is 0 Å². The maximum absolute atomic E-state index is 12.8. The largest absolute Gasteiger partial charge is 0.497 e. The normalized spacial score (nSPS) is 10.5. The summed E-state index contributed by atoms with van der Waals surface area (Å²) in [7, 11) is 1.64. The summed E-state index contributed by atoms with van der Waals surface area (Å²) in [5.41, 5.74) is 2.73. The third-order valence-corrected chi connectivity index (χ3v) is 4.12. The SMILES string of the molecule is CCN(Cc1ccc(OC)cc1)C(=O)c1ccc(-n2ccnc2)cc1. The van der Waals surface area contributed by atoms with Gasteiger partial charge >= 0.3 is 0 Å². The van der Waals surface area contributed by atoms with Crippen molar-refractivity contribution in [2.24, 2.45) is 0 Å². The first-order valence-electron chi connectivity index (χ1n) is 8.22. The molecule has 3 rings (SSSR count). The Bertz CT molecular complexity index is 809. The highest BCUT2D eigenvalue weighted by molar-refractivity contribution is 5.94. The van der Waals surface area contributed by atoms with Crippen molar-refractivity contribution in [1.29, 1.82) is 0 Å². The van der Waals surface area contributed by atoms with E-state index in [0.717, 1.165) is 17.0 Å². The Hall–Kier alpha value is -3.08. The molecule has 5 nitrogen and oxygen atoms in total. The number of amides is 1. The van der Waals surface area contributed by atoms with Gasteiger partial charge < -0.3 is 14.2 Å². The predicted octanol–water partition coefficient (Wildman–Crippen LogP) is 3.54. The molecule has 0 aliphatic carbocycles.